The van der Waals surface area contributed by atoms with Crippen molar-refractivity contribution in [3.8, 4) is 0 Å². The van der Waals surface area contributed by atoms with Gasteiger partial charge in [0.25, 0.3) is 0 Å². The Labute approximate surface area is 144 Å². The van der Waals surface area contributed by atoms with Crippen LogP contribution in [0.25, 0.3) is 0 Å². The standard InChI is InChI=1S/C16H23F3N4O2/c1-2-23-8-11(6-21-23)7-22-9-12(5-14-13(22)3-4-25-14)15(24)20-10-16(17,18)19/h6,8,12-14H,2-5,7,9-10H2,1H3,(H,20,24)/t12-,13+,14+/m0/s1. The number of aryl methyl sites for hydroxylation is 1. The number of nitrogens with zero attached hydrogens (tertiary/aromatic N) is 3. The molecule has 0 saturated carbocycles. The van der Waals surface area contributed by atoms with E-state index in [9.17, 15) is 18.0 Å². The van der Waals surface area contributed by atoms with Crippen molar-refractivity contribution in [2.24, 2.45) is 5.92 Å². The fraction of sp³-hybridized carbons (Fsp3) is 0.750. The summed E-state index contributed by atoms with van der Waals surface area (Å²) in [5, 5.41) is 6.26. The molecule has 6 nitrogen and oxygen atoms in total. The highest BCUT2D eigenvalue weighted by molar-refractivity contribution is 5.79. The van der Waals surface area contributed by atoms with Crippen LogP contribution in [0.4, 0.5) is 13.2 Å². The summed E-state index contributed by atoms with van der Waals surface area (Å²) in [6.45, 7) is 3.16. The summed E-state index contributed by atoms with van der Waals surface area (Å²) in [4.78, 5) is 14.3. The fourth-order valence-corrected chi connectivity index (χ4v) is 3.65. The van der Waals surface area contributed by atoms with E-state index in [0.29, 0.717) is 26.1 Å². The van der Waals surface area contributed by atoms with Crippen LogP contribution in [0.2, 0.25) is 0 Å². The number of alkyl halides is 3. The van der Waals surface area contributed by atoms with Crippen LogP contribution < -0.4 is 5.32 Å². The third-order valence-corrected chi connectivity index (χ3v) is 4.85. The minimum absolute atomic E-state index is 0.100. The molecular weight excluding hydrogens is 337 g/mol. The normalized spacial score (nSPS) is 27.3. The van der Waals surface area contributed by atoms with E-state index in [2.05, 4.69) is 10.00 Å². The van der Waals surface area contributed by atoms with Crippen molar-refractivity contribution in [3.05, 3.63) is 18.0 Å². The molecule has 0 radical (unpaired) electrons. The maximum Gasteiger partial charge on any atom is 0.405 e. The predicted molar refractivity (Wildman–Crippen MR) is 83.6 cm³/mol. The van der Waals surface area contributed by atoms with Crippen LogP contribution in [0.15, 0.2) is 12.4 Å². The first-order valence-electron chi connectivity index (χ1n) is 8.57. The Balaban J connectivity index is 1.65. The molecule has 1 N–H and O–H groups in total. The Kier molecular flexibility index (Phi) is 5.33. The van der Waals surface area contributed by atoms with E-state index in [-0.39, 0.29) is 12.1 Å². The number of amides is 1. The molecule has 0 aliphatic carbocycles. The number of halogens is 3. The fourth-order valence-electron chi connectivity index (χ4n) is 3.65. The molecule has 2 fully saturated rings. The zero-order chi connectivity index (χ0) is 18.0. The highest BCUT2D eigenvalue weighted by Crippen LogP contribution is 2.32. The van der Waals surface area contributed by atoms with Crippen LogP contribution >= 0.6 is 0 Å². The van der Waals surface area contributed by atoms with Gasteiger partial charge in [0.2, 0.25) is 5.91 Å². The van der Waals surface area contributed by atoms with Crippen LogP contribution in [0, 0.1) is 5.92 Å². The molecular formula is C16H23F3N4O2. The molecule has 2 aliphatic heterocycles. The largest absolute Gasteiger partial charge is 0.405 e. The first-order valence-corrected chi connectivity index (χ1v) is 8.57. The number of fused-ring (bicyclic) bond motifs is 1. The van der Waals surface area contributed by atoms with Gasteiger partial charge < -0.3 is 10.1 Å². The number of hydrogen-bond acceptors (Lipinski definition) is 4. The van der Waals surface area contributed by atoms with Gasteiger partial charge in [0.15, 0.2) is 0 Å². The number of carbonyl (C=O) groups excluding carboxylic acids is 1. The van der Waals surface area contributed by atoms with Crippen LogP contribution in [-0.4, -0.2) is 58.6 Å². The Hall–Kier alpha value is -1.61. The molecule has 0 unspecified atom stereocenters. The van der Waals surface area contributed by atoms with Crippen LogP contribution in [0.5, 0.6) is 0 Å². The quantitative estimate of drug-likeness (QED) is 0.866. The van der Waals surface area contributed by atoms with Gasteiger partial charge in [-0.3, -0.25) is 14.4 Å². The van der Waals surface area contributed by atoms with Crippen molar-refractivity contribution in [2.45, 2.75) is 51.2 Å². The van der Waals surface area contributed by atoms with Gasteiger partial charge in [-0.2, -0.15) is 18.3 Å². The van der Waals surface area contributed by atoms with Gasteiger partial charge >= 0.3 is 6.18 Å². The first-order chi connectivity index (χ1) is 11.9. The third kappa shape index (κ3) is 4.52. The van der Waals surface area contributed by atoms with E-state index < -0.39 is 24.5 Å². The lowest BCUT2D eigenvalue weighted by atomic mass is 9.89. The average molecular weight is 360 g/mol. The average Bonchev–Trinajstić information content (AvgIpc) is 3.20. The minimum atomic E-state index is -4.40. The lowest BCUT2D eigenvalue weighted by Crippen LogP contribution is -2.53. The first kappa shape index (κ1) is 18.2. The van der Waals surface area contributed by atoms with Gasteiger partial charge in [-0.05, 0) is 19.8 Å². The van der Waals surface area contributed by atoms with Crippen LogP contribution in [0.3, 0.4) is 0 Å². The van der Waals surface area contributed by atoms with E-state index >= 15 is 0 Å². The van der Waals surface area contributed by atoms with Gasteiger partial charge in [0, 0.05) is 44.0 Å². The van der Waals surface area contributed by atoms with E-state index in [1.54, 1.807) is 6.20 Å². The SMILES string of the molecule is CCn1cc(CN2C[C@@H](C(=O)NCC(F)(F)F)C[C@H]3OCC[C@H]32)cn1. The van der Waals surface area contributed by atoms with Crippen LogP contribution in [0.1, 0.15) is 25.3 Å². The molecule has 3 atom stereocenters. The molecule has 0 aromatic carbocycles. The van der Waals surface area contributed by atoms with E-state index in [1.807, 2.05) is 23.1 Å². The van der Waals surface area contributed by atoms with E-state index in [1.165, 1.54) is 0 Å². The number of piperidine rings is 1. The Bertz CT molecular complexity index is 604. The van der Waals surface area contributed by atoms with Gasteiger partial charge in [-0.15, -0.1) is 0 Å². The van der Waals surface area contributed by atoms with E-state index in [4.69, 9.17) is 4.74 Å². The monoisotopic (exact) mass is 360 g/mol. The Morgan fingerprint density at radius 1 is 1.48 bits per heavy atom. The van der Waals surface area contributed by atoms with Crippen molar-refractivity contribution in [1.82, 2.24) is 20.0 Å². The number of carbonyl (C=O) groups is 1. The highest BCUT2D eigenvalue weighted by atomic mass is 19.4. The summed E-state index contributed by atoms with van der Waals surface area (Å²) < 4.78 is 44.6. The van der Waals surface area contributed by atoms with Gasteiger partial charge in [0.05, 0.1) is 18.2 Å². The minimum Gasteiger partial charge on any atom is -0.377 e. The number of rotatable bonds is 5. The summed E-state index contributed by atoms with van der Waals surface area (Å²) >= 11 is 0. The molecule has 9 heteroatoms. The second-order valence-electron chi connectivity index (χ2n) is 6.66. The molecule has 1 aromatic rings. The summed E-state index contributed by atoms with van der Waals surface area (Å²) in [7, 11) is 0. The van der Waals surface area contributed by atoms with Gasteiger partial charge in [0.1, 0.15) is 6.54 Å². The summed E-state index contributed by atoms with van der Waals surface area (Å²) in [5.41, 5.74) is 1.03. The zero-order valence-corrected chi connectivity index (χ0v) is 14.1. The highest BCUT2D eigenvalue weighted by Gasteiger charge is 2.42. The zero-order valence-electron chi connectivity index (χ0n) is 14.1. The number of hydrogen-bond donors (Lipinski definition) is 1. The molecule has 1 amide bonds. The predicted octanol–water partition coefficient (Wildman–Crippen LogP) is 1.56. The topological polar surface area (TPSA) is 59.4 Å². The van der Waals surface area contributed by atoms with Crippen LogP contribution in [-0.2, 0) is 22.6 Å². The molecule has 3 heterocycles. The molecule has 25 heavy (non-hydrogen) atoms. The smallest absolute Gasteiger partial charge is 0.377 e. The summed E-state index contributed by atoms with van der Waals surface area (Å²) in [6.07, 6.45) is 0.602. The maximum atomic E-state index is 12.3. The molecule has 0 bridgehead atoms. The lowest BCUT2D eigenvalue weighted by Gasteiger charge is -2.40. The number of aromatic nitrogens is 2. The van der Waals surface area contributed by atoms with Crippen molar-refractivity contribution in [3.63, 3.8) is 0 Å². The molecule has 1 aromatic heterocycles. The van der Waals surface area contributed by atoms with Crippen molar-refractivity contribution >= 4 is 5.91 Å². The molecule has 2 saturated heterocycles. The molecule has 3 rings (SSSR count). The van der Waals surface area contributed by atoms with Gasteiger partial charge in [-0.1, -0.05) is 0 Å². The summed E-state index contributed by atoms with van der Waals surface area (Å²) in [6, 6.07) is 0.205. The second-order valence-corrected chi connectivity index (χ2v) is 6.66. The second kappa shape index (κ2) is 7.33. The molecule has 140 valence electrons. The maximum absolute atomic E-state index is 12.3. The number of likely N-dealkylation sites (tertiary alicyclic amines) is 1. The number of ether oxygens (including phenoxy) is 1. The molecule has 2 aliphatic rings. The van der Waals surface area contributed by atoms with E-state index in [0.717, 1.165) is 18.5 Å². The Morgan fingerprint density at radius 3 is 2.96 bits per heavy atom. The lowest BCUT2D eigenvalue weighted by molar-refractivity contribution is -0.143. The molecule has 0 spiro atoms. The Morgan fingerprint density at radius 2 is 2.28 bits per heavy atom. The van der Waals surface area contributed by atoms with Crippen molar-refractivity contribution < 1.29 is 22.7 Å². The van der Waals surface area contributed by atoms with Crippen molar-refractivity contribution in [1.29, 1.82) is 0 Å². The van der Waals surface area contributed by atoms with Gasteiger partial charge in [-0.25, -0.2) is 0 Å². The third-order valence-electron chi connectivity index (χ3n) is 4.85. The summed E-state index contributed by atoms with van der Waals surface area (Å²) in [5.74, 6) is -1.05. The number of nitrogens with one attached hydrogen (secondary N) is 1. The van der Waals surface area contributed by atoms with Crippen molar-refractivity contribution in [2.75, 3.05) is 19.7 Å².